The van der Waals surface area contributed by atoms with Crippen molar-refractivity contribution in [1.82, 2.24) is 15.1 Å². The van der Waals surface area contributed by atoms with E-state index in [1.54, 1.807) is 0 Å². The third-order valence-corrected chi connectivity index (χ3v) is 4.49. The second-order valence-electron chi connectivity index (χ2n) is 6.13. The van der Waals surface area contributed by atoms with Crippen LogP contribution in [0.5, 0.6) is 0 Å². The molecule has 124 valence electrons. The van der Waals surface area contributed by atoms with Gasteiger partial charge in [0.05, 0.1) is 6.54 Å². The second-order valence-corrected chi connectivity index (χ2v) is 6.13. The average molecular weight is 297 g/mol. The Kier molecular flexibility index (Phi) is 9.68. The molecular weight excluding hydrogens is 262 g/mol. The summed E-state index contributed by atoms with van der Waals surface area (Å²) in [5.74, 6) is 0.331. The summed E-state index contributed by atoms with van der Waals surface area (Å²) in [5, 5.41) is 3.40. The fourth-order valence-corrected chi connectivity index (χ4v) is 3.00. The van der Waals surface area contributed by atoms with E-state index in [0.717, 1.165) is 58.4 Å². The number of hydrogen-bond donors (Lipinski definition) is 1. The van der Waals surface area contributed by atoms with E-state index in [0.29, 0.717) is 18.5 Å². The van der Waals surface area contributed by atoms with Crippen molar-refractivity contribution >= 4 is 5.91 Å². The van der Waals surface area contributed by atoms with Gasteiger partial charge in [-0.15, -0.1) is 0 Å². The summed E-state index contributed by atoms with van der Waals surface area (Å²) in [7, 11) is 0. The Morgan fingerprint density at radius 1 is 1.05 bits per heavy atom. The predicted molar refractivity (Wildman–Crippen MR) is 89.5 cm³/mol. The van der Waals surface area contributed by atoms with Crippen LogP contribution in [0, 0.1) is 0 Å². The minimum Gasteiger partial charge on any atom is -0.342 e. The molecule has 1 aliphatic heterocycles. The van der Waals surface area contributed by atoms with Crippen molar-refractivity contribution in [3.8, 4) is 0 Å². The minimum atomic E-state index is 0.331. The van der Waals surface area contributed by atoms with Gasteiger partial charge in [0.25, 0.3) is 0 Å². The fourth-order valence-electron chi connectivity index (χ4n) is 3.00. The van der Waals surface area contributed by atoms with Crippen molar-refractivity contribution in [1.29, 1.82) is 0 Å². The van der Waals surface area contributed by atoms with Gasteiger partial charge in [0.1, 0.15) is 0 Å². The number of rotatable bonds is 10. The number of hydrogen-bond acceptors (Lipinski definition) is 3. The number of nitrogens with one attached hydrogen (secondary N) is 1. The first kappa shape index (κ1) is 18.4. The van der Waals surface area contributed by atoms with E-state index >= 15 is 0 Å². The van der Waals surface area contributed by atoms with Gasteiger partial charge in [-0.2, -0.15) is 0 Å². The molecule has 0 unspecified atom stereocenters. The summed E-state index contributed by atoms with van der Waals surface area (Å²) in [6.07, 6.45) is 6.89. The molecule has 21 heavy (non-hydrogen) atoms. The van der Waals surface area contributed by atoms with Crippen molar-refractivity contribution in [2.75, 3.05) is 39.3 Å². The molecule has 1 saturated heterocycles. The molecule has 1 aliphatic rings. The van der Waals surface area contributed by atoms with Crippen LogP contribution in [0.3, 0.4) is 0 Å². The lowest BCUT2D eigenvalue weighted by Crippen LogP contribution is -2.48. The maximum atomic E-state index is 12.6. The van der Waals surface area contributed by atoms with Crippen LogP contribution in [0.15, 0.2) is 0 Å². The van der Waals surface area contributed by atoms with Crippen molar-refractivity contribution in [2.24, 2.45) is 0 Å². The molecule has 0 bridgehead atoms. The Balaban J connectivity index is 2.50. The summed E-state index contributed by atoms with van der Waals surface area (Å²) >= 11 is 0. The molecule has 0 atom stereocenters. The van der Waals surface area contributed by atoms with E-state index in [1.807, 2.05) is 0 Å². The molecule has 1 fully saturated rings. The highest BCUT2D eigenvalue weighted by Crippen LogP contribution is 2.12. The molecule has 1 N–H and O–H groups in total. The molecule has 4 nitrogen and oxygen atoms in total. The SMILES string of the molecule is CCCCN(CCCC)C(=O)CN(CC)C1CCNCC1. The monoisotopic (exact) mass is 297 g/mol. The highest BCUT2D eigenvalue weighted by Gasteiger charge is 2.23. The average Bonchev–Trinajstić information content (AvgIpc) is 2.53. The molecule has 1 amide bonds. The summed E-state index contributed by atoms with van der Waals surface area (Å²) in [4.78, 5) is 17.1. The lowest BCUT2D eigenvalue weighted by atomic mass is 10.0. The van der Waals surface area contributed by atoms with Gasteiger partial charge in [-0.25, -0.2) is 0 Å². The van der Waals surface area contributed by atoms with Crippen LogP contribution in [-0.4, -0.2) is 61.0 Å². The van der Waals surface area contributed by atoms with E-state index < -0.39 is 0 Å². The molecule has 4 heteroatoms. The Morgan fingerprint density at radius 3 is 2.10 bits per heavy atom. The van der Waals surface area contributed by atoms with Gasteiger partial charge in [0.2, 0.25) is 5.91 Å². The van der Waals surface area contributed by atoms with Gasteiger partial charge in [0.15, 0.2) is 0 Å². The summed E-state index contributed by atoms with van der Waals surface area (Å²) in [6.45, 7) is 12.2. The molecule has 0 aliphatic carbocycles. The fraction of sp³-hybridized carbons (Fsp3) is 0.941. The second kappa shape index (κ2) is 11.0. The van der Waals surface area contributed by atoms with Gasteiger partial charge >= 0.3 is 0 Å². The number of piperidine rings is 1. The molecule has 0 aromatic heterocycles. The molecule has 0 saturated carbocycles. The van der Waals surface area contributed by atoms with E-state index in [9.17, 15) is 4.79 Å². The first-order chi connectivity index (χ1) is 10.2. The number of nitrogens with zero attached hydrogens (tertiary/aromatic N) is 2. The first-order valence-electron chi connectivity index (χ1n) is 8.95. The molecule has 1 rings (SSSR count). The van der Waals surface area contributed by atoms with Crippen molar-refractivity contribution in [2.45, 2.75) is 65.3 Å². The van der Waals surface area contributed by atoms with Crippen LogP contribution in [0.2, 0.25) is 0 Å². The Labute approximate surface area is 131 Å². The van der Waals surface area contributed by atoms with Crippen LogP contribution in [0.1, 0.15) is 59.3 Å². The maximum absolute atomic E-state index is 12.6. The molecular formula is C17H35N3O. The quantitative estimate of drug-likeness (QED) is 0.673. The lowest BCUT2D eigenvalue weighted by Gasteiger charge is -2.35. The zero-order valence-corrected chi connectivity index (χ0v) is 14.4. The van der Waals surface area contributed by atoms with Crippen LogP contribution in [-0.2, 0) is 4.79 Å². The molecule has 0 aromatic rings. The summed E-state index contributed by atoms with van der Waals surface area (Å²) in [5.41, 5.74) is 0. The Bertz CT molecular complexity index is 269. The number of carbonyl (C=O) groups is 1. The molecule has 0 radical (unpaired) electrons. The van der Waals surface area contributed by atoms with Gasteiger partial charge in [-0.05, 0) is 45.3 Å². The molecule has 0 spiro atoms. The predicted octanol–water partition coefficient (Wildman–Crippen LogP) is 2.49. The highest BCUT2D eigenvalue weighted by molar-refractivity contribution is 5.78. The van der Waals surface area contributed by atoms with Crippen molar-refractivity contribution < 1.29 is 4.79 Å². The molecule has 0 aromatic carbocycles. The van der Waals surface area contributed by atoms with Crippen LogP contribution in [0.4, 0.5) is 0 Å². The summed E-state index contributed by atoms with van der Waals surface area (Å²) < 4.78 is 0. The Hall–Kier alpha value is -0.610. The Morgan fingerprint density at radius 2 is 1.62 bits per heavy atom. The number of unbranched alkanes of at least 4 members (excludes halogenated alkanes) is 2. The van der Waals surface area contributed by atoms with Crippen LogP contribution >= 0.6 is 0 Å². The van der Waals surface area contributed by atoms with Crippen LogP contribution < -0.4 is 5.32 Å². The summed E-state index contributed by atoms with van der Waals surface area (Å²) in [6, 6.07) is 0.583. The first-order valence-corrected chi connectivity index (χ1v) is 8.95. The smallest absolute Gasteiger partial charge is 0.236 e. The zero-order valence-electron chi connectivity index (χ0n) is 14.4. The van der Waals surface area contributed by atoms with E-state index in [-0.39, 0.29) is 0 Å². The third-order valence-electron chi connectivity index (χ3n) is 4.49. The standard InChI is InChI=1S/C17H35N3O/c1-4-7-13-20(14-8-5-2)17(21)15-19(6-3)16-9-11-18-12-10-16/h16,18H,4-15H2,1-3H3. The van der Waals surface area contributed by atoms with Gasteiger partial charge in [-0.1, -0.05) is 33.6 Å². The third kappa shape index (κ3) is 6.79. The number of likely N-dealkylation sites (N-methyl/N-ethyl adjacent to an activating group) is 1. The van der Waals surface area contributed by atoms with Gasteiger partial charge in [-0.3, -0.25) is 9.69 Å². The largest absolute Gasteiger partial charge is 0.342 e. The zero-order chi connectivity index (χ0) is 15.5. The van der Waals surface area contributed by atoms with Gasteiger partial charge < -0.3 is 10.2 Å². The highest BCUT2D eigenvalue weighted by atomic mass is 16.2. The molecule has 1 heterocycles. The number of amides is 1. The van der Waals surface area contributed by atoms with Crippen molar-refractivity contribution in [3.63, 3.8) is 0 Å². The van der Waals surface area contributed by atoms with E-state index in [4.69, 9.17) is 0 Å². The van der Waals surface area contributed by atoms with E-state index in [1.165, 1.54) is 12.8 Å². The minimum absolute atomic E-state index is 0.331. The normalized spacial score (nSPS) is 16.4. The maximum Gasteiger partial charge on any atom is 0.236 e. The van der Waals surface area contributed by atoms with Gasteiger partial charge in [0, 0.05) is 19.1 Å². The van der Waals surface area contributed by atoms with Crippen LogP contribution in [0.25, 0.3) is 0 Å². The topological polar surface area (TPSA) is 35.6 Å². The van der Waals surface area contributed by atoms with E-state index in [2.05, 4.69) is 35.9 Å². The number of carbonyl (C=O) groups excluding carboxylic acids is 1. The van der Waals surface area contributed by atoms with Crippen molar-refractivity contribution in [3.05, 3.63) is 0 Å². The lowest BCUT2D eigenvalue weighted by molar-refractivity contribution is -0.133.